The molecule has 1 aromatic carbocycles. The van der Waals surface area contributed by atoms with E-state index in [4.69, 9.17) is 5.11 Å². The highest BCUT2D eigenvalue weighted by molar-refractivity contribution is 6.00. The van der Waals surface area contributed by atoms with Gasteiger partial charge in [-0.05, 0) is 25.5 Å². The molecule has 0 radical (unpaired) electrons. The van der Waals surface area contributed by atoms with E-state index in [1.54, 1.807) is 6.92 Å². The summed E-state index contributed by atoms with van der Waals surface area (Å²) in [5, 5.41) is 28.4. The van der Waals surface area contributed by atoms with Crippen molar-refractivity contribution < 1.29 is 24.9 Å². The Morgan fingerprint density at radius 3 is 2.32 bits per heavy atom. The van der Waals surface area contributed by atoms with E-state index >= 15 is 0 Å². The van der Waals surface area contributed by atoms with Gasteiger partial charge in [0.2, 0.25) is 0 Å². The first-order valence-electron chi connectivity index (χ1n) is 5.89. The Labute approximate surface area is 109 Å². The molecule has 6 nitrogen and oxygen atoms in total. The number of phenols is 2. The summed E-state index contributed by atoms with van der Waals surface area (Å²) in [6, 6.07) is 4.03. The van der Waals surface area contributed by atoms with Crippen molar-refractivity contribution >= 4 is 11.9 Å². The van der Waals surface area contributed by atoms with Gasteiger partial charge in [0.1, 0.15) is 17.1 Å². The first-order valence-corrected chi connectivity index (χ1v) is 5.89. The van der Waals surface area contributed by atoms with Crippen molar-refractivity contribution in [1.82, 2.24) is 4.90 Å². The number of carbonyl (C=O) groups is 2. The quantitative estimate of drug-likeness (QED) is 0.742. The summed E-state index contributed by atoms with van der Waals surface area (Å²) in [6.07, 6.45) is 0.350. The number of aromatic hydroxyl groups is 2. The second kappa shape index (κ2) is 4.46. The van der Waals surface area contributed by atoms with Crippen molar-refractivity contribution in [3.8, 4) is 11.5 Å². The number of rotatable bonds is 2. The Morgan fingerprint density at radius 2 is 1.84 bits per heavy atom. The molecular weight excluding hydrogens is 250 g/mol. The van der Waals surface area contributed by atoms with Gasteiger partial charge in [-0.25, -0.2) is 0 Å². The van der Waals surface area contributed by atoms with E-state index in [1.807, 2.05) is 0 Å². The van der Waals surface area contributed by atoms with Gasteiger partial charge in [-0.1, -0.05) is 6.07 Å². The van der Waals surface area contributed by atoms with Crippen molar-refractivity contribution in [2.75, 3.05) is 13.1 Å². The van der Waals surface area contributed by atoms with E-state index in [9.17, 15) is 19.8 Å². The van der Waals surface area contributed by atoms with Crippen LogP contribution in [0.5, 0.6) is 11.5 Å². The summed E-state index contributed by atoms with van der Waals surface area (Å²) in [5.74, 6) is -2.13. The largest absolute Gasteiger partial charge is 0.507 e. The lowest BCUT2D eigenvalue weighted by Crippen LogP contribution is -2.34. The number of hydrogen-bond acceptors (Lipinski definition) is 4. The lowest BCUT2D eigenvalue weighted by molar-refractivity contribution is -0.147. The van der Waals surface area contributed by atoms with Crippen molar-refractivity contribution in [2.45, 2.75) is 13.3 Å². The molecule has 102 valence electrons. The summed E-state index contributed by atoms with van der Waals surface area (Å²) in [4.78, 5) is 24.7. The molecule has 1 heterocycles. The fourth-order valence-electron chi connectivity index (χ4n) is 2.21. The molecule has 1 aliphatic rings. The van der Waals surface area contributed by atoms with Gasteiger partial charge in [-0.3, -0.25) is 9.59 Å². The number of nitrogens with zero attached hydrogens (tertiary/aromatic N) is 1. The van der Waals surface area contributed by atoms with Gasteiger partial charge in [0, 0.05) is 13.1 Å². The van der Waals surface area contributed by atoms with E-state index in [0.29, 0.717) is 6.42 Å². The SMILES string of the molecule is CC1(C(=O)O)CCN(C(=O)c2c(O)cccc2O)C1. The Bertz CT molecular complexity index is 522. The van der Waals surface area contributed by atoms with Gasteiger partial charge in [0.05, 0.1) is 5.41 Å². The summed E-state index contributed by atoms with van der Waals surface area (Å²) in [5.41, 5.74) is -1.16. The van der Waals surface area contributed by atoms with Crippen LogP contribution in [-0.4, -0.2) is 45.2 Å². The molecule has 19 heavy (non-hydrogen) atoms. The molecule has 0 aromatic heterocycles. The molecule has 6 heteroatoms. The Balaban J connectivity index is 2.25. The normalized spacial score (nSPS) is 22.5. The van der Waals surface area contributed by atoms with Gasteiger partial charge < -0.3 is 20.2 Å². The van der Waals surface area contributed by atoms with Crippen molar-refractivity contribution in [3.05, 3.63) is 23.8 Å². The van der Waals surface area contributed by atoms with Crippen LogP contribution in [0.2, 0.25) is 0 Å². The number of amides is 1. The molecule has 2 rings (SSSR count). The van der Waals surface area contributed by atoms with Gasteiger partial charge in [0.25, 0.3) is 5.91 Å². The van der Waals surface area contributed by atoms with E-state index in [1.165, 1.54) is 23.1 Å². The number of carboxylic acids is 1. The fraction of sp³-hybridized carbons (Fsp3) is 0.385. The highest BCUT2D eigenvalue weighted by Gasteiger charge is 2.42. The average molecular weight is 265 g/mol. The third-order valence-corrected chi connectivity index (χ3v) is 3.51. The minimum absolute atomic E-state index is 0.0644. The smallest absolute Gasteiger partial charge is 0.311 e. The second-order valence-corrected chi connectivity index (χ2v) is 5.01. The van der Waals surface area contributed by atoms with Crippen LogP contribution in [0.15, 0.2) is 18.2 Å². The van der Waals surface area contributed by atoms with Gasteiger partial charge in [0.15, 0.2) is 0 Å². The fourth-order valence-corrected chi connectivity index (χ4v) is 2.21. The molecule has 1 atom stereocenters. The van der Waals surface area contributed by atoms with E-state index < -0.39 is 17.3 Å². The number of benzene rings is 1. The van der Waals surface area contributed by atoms with Gasteiger partial charge >= 0.3 is 5.97 Å². The Hall–Kier alpha value is -2.24. The molecule has 1 unspecified atom stereocenters. The lowest BCUT2D eigenvalue weighted by atomic mass is 9.90. The lowest BCUT2D eigenvalue weighted by Gasteiger charge is -2.20. The maximum atomic E-state index is 12.2. The summed E-state index contributed by atoms with van der Waals surface area (Å²) < 4.78 is 0. The van der Waals surface area contributed by atoms with Crippen molar-refractivity contribution in [3.63, 3.8) is 0 Å². The van der Waals surface area contributed by atoms with Crippen LogP contribution in [0.1, 0.15) is 23.7 Å². The number of carbonyl (C=O) groups excluding carboxylic acids is 1. The highest BCUT2D eigenvalue weighted by Crippen LogP contribution is 2.34. The van der Waals surface area contributed by atoms with Crippen molar-refractivity contribution in [1.29, 1.82) is 0 Å². The number of carboxylic acid groups (broad SMARTS) is 1. The summed E-state index contributed by atoms with van der Waals surface area (Å²) in [7, 11) is 0. The van der Waals surface area contributed by atoms with Crippen LogP contribution in [0, 0.1) is 5.41 Å². The molecule has 0 bridgehead atoms. The predicted molar refractivity (Wildman–Crippen MR) is 66.0 cm³/mol. The average Bonchev–Trinajstić information content (AvgIpc) is 2.73. The third-order valence-electron chi connectivity index (χ3n) is 3.51. The maximum Gasteiger partial charge on any atom is 0.311 e. The topological polar surface area (TPSA) is 98.1 Å². The second-order valence-electron chi connectivity index (χ2n) is 5.01. The molecule has 0 spiro atoms. The van der Waals surface area contributed by atoms with Crippen LogP contribution in [0.3, 0.4) is 0 Å². The van der Waals surface area contributed by atoms with Crippen LogP contribution < -0.4 is 0 Å². The monoisotopic (exact) mass is 265 g/mol. The zero-order valence-electron chi connectivity index (χ0n) is 10.5. The molecule has 1 fully saturated rings. The van der Waals surface area contributed by atoms with Gasteiger partial charge in [-0.15, -0.1) is 0 Å². The number of phenolic OH excluding ortho intramolecular Hbond substituents is 2. The predicted octanol–water partition coefficient (Wildman–Crippen LogP) is 1.03. The van der Waals surface area contributed by atoms with Crippen LogP contribution in [0.4, 0.5) is 0 Å². The Kier molecular flexibility index (Phi) is 3.09. The Morgan fingerprint density at radius 1 is 1.26 bits per heavy atom. The van der Waals surface area contributed by atoms with E-state index in [2.05, 4.69) is 0 Å². The molecule has 1 amide bonds. The molecule has 0 saturated carbocycles. The zero-order chi connectivity index (χ0) is 14.2. The first kappa shape index (κ1) is 13.2. The zero-order valence-corrected chi connectivity index (χ0v) is 10.5. The van der Waals surface area contributed by atoms with Gasteiger partial charge in [-0.2, -0.15) is 0 Å². The van der Waals surface area contributed by atoms with Crippen LogP contribution >= 0.6 is 0 Å². The van der Waals surface area contributed by atoms with Crippen LogP contribution in [0.25, 0.3) is 0 Å². The molecule has 3 N–H and O–H groups in total. The number of hydrogen-bond donors (Lipinski definition) is 3. The molecule has 0 aliphatic carbocycles. The number of likely N-dealkylation sites (tertiary alicyclic amines) is 1. The molecule has 1 saturated heterocycles. The molecular formula is C13H15NO5. The summed E-state index contributed by atoms with van der Waals surface area (Å²) >= 11 is 0. The molecule has 1 aromatic rings. The van der Waals surface area contributed by atoms with Crippen molar-refractivity contribution in [2.24, 2.45) is 5.41 Å². The highest BCUT2D eigenvalue weighted by atomic mass is 16.4. The number of aliphatic carboxylic acids is 1. The standard InChI is InChI=1S/C13H15NO5/c1-13(12(18)19)5-6-14(7-13)11(17)10-8(15)3-2-4-9(10)16/h2-4,15-16H,5-7H2,1H3,(H,18,19). The third kappa shape index (κ3) is 2.21. The maximum absolute atomic E-state index is 12.2. The first-order chi connectivity index (χ1) is 8.85. The minimum atomic E-state index is -0.977. The minimum Gasteiger partial charge on any atom is -0.507 e. The van der Waals surface area contributed by atoms with E-state index in [0.717, 1.165) is 0 Å². The summed E-state index contributed by atoms with van der Waals surface area (Å²) in [6.45, 7) is 1.93. The van der Waals surface area contributed by atoms with Crippen LogP contribution in [-0.2, 0) is 4.79 Å². The van der Waals surface area contributed by atoms with E-state index in [-0.39, 0.29) is 30.2 Å². The molecule has 1 aliphatic heterocycles.